The van der Waals surface area contributed by atoms with Crippen LogP contribution >= 0.6 is 0 Å². The van der Waals surface area contributed by atoms with Crippen molar-refractivity contribution in [2.75, 3.05) is 26.2 Å². The van der Waals surface area contributed by atoms with Crippen molar-refractivity contribution < 1.29 is 28.9 Å². The third-order valence-corrected chi connectivity index (χ3v) is 5.67. The number of aliphatic carboxylic acids is 1. The van der Waals surface area contributed by atoms with Crippen LogP contribution in [0.5, 0.6) is 17.2 Å². The number of amides is 1. The fourth-order valence-electron chi connectivity index (χ4n) is 4.28. The van der Waals surface area contributed by atoms with Gasteiger partial charge in [-0.2, -0.15) is 0 Å². The quantitative estimate of drug-likeness (QED) is 0.625. The summed E-state index contributed by atoms with van der Waals surface area (Å²) in [7, 11) is 4.47. The number of nitrogens with zero attached hydrogens (tertiary/aromatic N) is 1. The molecule has 0 aliphatic carbocycles. The maximum atomic E-state index is 13.7. The summed E-state index contributed by atoms with van der Waals surface area (Å²) >= 11 is 0. The first-order valence-electron chi connectivity index (χ1n) is 10.0. The van der Waals surface area contributed by atoms with E-state index in [9.17, 15) is 14.7 Å². The molecule has 0 saturated carbocycles. The molecular weight excluding hydrogens is 410 g/mol. The molecule has 0 aromatic heterocycles. The molecule has 164 valence electrons. The highest BCUT2D eigenvalue weighted by molar-refractivity contribution is 6.11. The van der Waals surface area contributed by atoms with E-state index in [1.54, 1.807) is 36.4 Å². The van der Waals surface area contributed by atoms with Gasteiger partial charge in [-0.05, 0) is 17.2 Å². The minimum absolute atomic E-state index is 0.304. The number of hydrogen-bond donors (Lipinski definition) is 1. The highest BCUT2D eigenvalue weighted by atomic mass is 16.5. The monoisotopic (exact) mass is 433 g/mol. The van der Waals surface area contributed by atoms with Gasteiger partial charge in [0.15, 0.2) is 11.5 Å². The zero-order valence-electron chi connectivity index (χ0n) is 17.9. The molecule has 0 unspecified atom stereocenters. The molecule has 4 rings (SSSR count). The Kier molecular flexibility index (Phi) is 5.73. The van der Waals surface area contributed by atoms with Gasteiger partial charge < -0.3 is 19.3 Å². The van der Waals surface area contributed by atoms with Crippen LogP contribution in [-0.4, -0.2) is 38.3 Å². The molecule has 3 aromatic carbocycles. The van der Waals surface area contributed by atoms with Crippen molar-refractivity contribution in [2.45, 2.75) is 12.0 Å². The fraction of sp³-hybridized carbons (Fsp3) is 0.200. The van der Waals surface area contributed by atoms with Crippen LogP contribution in [0.15, 0.2) is 66.7 Å². The van der Waals surface area contributed by atoms with Crippen LogP contribution in [0.25, 0.3) is 0 Å². The lowest BCUT2D eigenvalue weighted by atomic mass is 9.79. The zero-order valence-corrected chi connectivity index (χ0v) is 17.9. The van der Waals surface area contributed by atoms with E-state index >= 15 is 0 Å². The average Bonchev–Trinajstić information content (AvgIpc) is 2.83. The number of fused-ring (bicyclic) bond motifs is 1. The molecule has 0 bridgehead atoms. The Morgan fingerprint density at radius 1 is 0.875 bits per heavy atom. The molecule has 0 fully saturated rings. The molecule has 1 aliphatic heterocycles. The number of benzene rings is 3. The van der Waals surface area contributed by atoms with Gasteiger partial charge in [-0.1, -0.05) is 48.5 Å². The summed E-state index contributed by atoms with van der Waals surface area (Å²) in [5, 5.41) is 10.2. The van der Waals surface area contributed by atoms with E-state index in [0.29, 0.717) is 39.6 Å². The predicted octanol–water partition coefficient (Wildman–Crippen LogP) is 4.28. The molecular formula is C25H23NO6. The van der Waals surface area contributed by atoms with E-state index in [-0.39, 0.29) is 5.91 Å². The summed E-state index contributed by atoms with van der Waals surface area (Å²) in [6, 6.07) is 18.5. The molecule has 7 heteroatoms. The van der Waals surface area contributed by atoms with E-state index < -0.39 is 17.9 Å². The number of carboxylic acid groups (broad SMARTS) is 1. The Labute approximate surface area is 185 Å². The van der Waals surface area contributed by atoms with Gasteiger partial charge in [0.2, 0.25) is 5.75 Å². The summed E-state index contributed by atoms with van der Waals surface area (Å²) < 4.78 is 16.3. The number of carbonyl (C=O) groups excluding carboxylic acids is 1. The van der Waals surface area contributed by atoms with E-state index in [4.69, 9.17) is 14.2 Å². The zero-order chi connectivity index (χ0) is 22.8. The molecule has 0 spiro atoms. The normalized spacial score (nSPS) is 17.5. The van der Waals surface area contributed by atoms with Crippen molar-refractivity contribution in [1.82, 2.24) is 0 Å². The molecule has 1 amide bonds. The van der Waals surface area contributed by atoms with Crippen LogP contribution in [0.4, 0.5) is 5.69 Å². The minimum Gasteiger partial charge on any atom is -0.493 e. The summed E-state index contributed by atoms with van der Waals surface area (Å²) in [5.41, 5.74) is 1.99. The minimum atomic E-state index is -1.02. The van der Waals surface area contributed by atoms with Gasteiger partial charge in [0, 0.05) is 17.7 Å². The average molecular weight is 433 g/mol. The Bertz CT molecular complexity index is 1140. The molecule has 32 heavy (non-hydrogen) atoms. The summed E-state index contributed by atoms with van der Waals surface area (Å²) in [6.45, 7) is 0. The Morgan fingerprint density at radius 3 is 2.03 bits per heavy atom. The first-order valence-corrected chi connectivity index (χ1v) is 10.0. The number of hydrogen-bond acceptors (Lipinski definition) is 5. The topological polar surface area (TPSA) is 85.3 Å². The second-order valence-electron chi connectivity index (χ2n) is 7.32. The predicted molar refractivity (Wildman–Crippen MR) is 119 cm³/mol. The van der Waals surface area contributed by atoms with Crippen molar-refractivity contribution in [3.8, 4) is 17.2 Å². The number of carbonyl (C=O) groups is 2. The SMILES string of the molecule is COc1cc(N2C(=O)c3ccccc3[C@@H](C(=O)O)[C@H]2c2ccccc2)cc(OC)c1OC. The lowest BCUT2D eigenvalue weighted by molar-refractivity contribution is -0.139. The van der Waals surface area contributed by atoms with Gasteiger partial charge in [-0.25, -0.2) is 0 Å². The van der Waals surface area contributed by atoms with Crippen LogP contribution in [0.1, 0.15) is 33.4 Å². The highest BCUT2D eigenvalue weighted by Crippen LogP contribution is 2.48. The number of carboxylic acids is 1. The lowest BCUT2D eigenvalue weighted by Crippen LogP contribution is -2.45. The largest absolute Gasteiger partial charge is 0.493 e. The van der Waals surface area contributed by atoms with Gasteiger partial charge in [0.25, 0.3) is 5.91 Å². The number of anilines is 1. The van der Waals surface area contributed by atoms with Gasteiger partial charge in [-0.3, -0.25) is 14.5 Å². The second kappa shape index (κ2) is 8.63. The first kappa shape index (κ1) is 21.2. The number of methoxy groups -OCH3 is 3. The molecule has 7 nitrogen and oxygen atoms in total. The van der Waals surface area contributed by atoms with Crippen LogP contribution in [-0.2, 0) is 4.79 Å². The van der Waals surface area contributed by atoms with Gasteiger partial charge >= 0.3 is 5.97 Å². The molecule has 1 heterocycles. The summed E-state index contributed by atoms with van der Waals surface area (Å²) in [6.07, 6.45) is 0. The van der Waals surface area contributed by atoms with Crippen molar-refractivity contribution in [3.63, 3.8) is 0 Å². The number of ether oxygens (including phenoxy) is 3. The first-order chi connectivity index (χ1) is 15.5. The molecule has 1 N–H and O–H groups in total. The molecule has 0 radical (unpaired) electrons. The van der Waals surface area contributed by atoms with E-state index in [2.05, 4.69) is 0 Å². The smallest absolute Gasteiger partial charge is 0.313 e. The van der Waals surface area contributed by atoms with Crippen LogP contribution in [0, 0.1) is 0 Å². The Morgan fingerprint density at radius 2 is 1.47 bits per heavy atom. The summed E-state index contributed by atoms with van der Waals surface area (Å²) in [5.74, 6) is -1.17. The fourth-order valence-corrected chi connectivity index (χ4v) is 4.28. The van der Waals surface area contributed by atoms with Crippen molar-refractivity contribution in [3.05, 3.63) is 83.4 Å². The van der Waals surface area contributed by atoms with Crippen LogP contribution in [0.2, 0.25) is 0 Å². The van der Waals surface area contributed by atoms with Gasteiger partial charge in [0.05, 0.1) is 33.1 Å². The molecule has 0 saturated heterocycles. The highest BCUT2D eigenvalue weighted by Gasteiger charge is 2.45. The van der Waals surface area contributed by atoms with E-state index in [1.807, 2.05) is 30.3 Å². The third kappa shape index (κ3) is 3.41. The standard InChI is InChI=1S/C25H23NO6/c1-30-19-13-16(14-20(31-2)23(19)32-3)26-22(15-9-5-4-6-10-15)21(25(28)29)17-11-7-8-12-18(17)24(26)27/h4-14,21-22H,1-3H3,(H,28,29)/t21-,22-/m1/s1. The summed E-state index contributed by atoms with van der Waals surface area (Å²) in [4.78, 5) is 27.8. The van der Waals surface area contributed by atoms with Crippen LogP contribution < -0.4 is 19.1 Å². The Balaban J connectivity index is 2.01. The lowest BCUT2D eigenvalue weighted by Gasteiger charge is -2.41. The maximum absolute atomic E-state index is 13.7. The van der Waals surface area contributed by atoms with E-state index in [1.165, 1.54) is 26.2 Å². The van der Waals surface area contributed by atoms with Gasteiger partial charge in [0.1, 0.15) is 5.92 Å². The van der Waals surface area contributed by atoms with E-state index in [0.717, 1.165) is 0 Å². The van der Waals surface area contributed by atoms with Crippen molar-refractivity contribution in [1.29, 1.82) is 0 Å². The number of rotatable bonds is 6. The molecule has 1 aliphatic rings. The van der Waals surface area contributed by atoms with Crippen molar-refractivity contribution >= 4 is 17.6 Å². The van der Waals surface area contributed by atoms with Crippen LogP contribution in [0.3, 0.4) is 0 Å². The second-order valence-corrected chi connectivity index (χ2v) is 7.32. The van der Waals surface area contributed by atoms with Crippen molar-refractivity contribution in [2.24, 2.45) is 0 Å². The third-order valence-electron chi connectivity index (χ3n) is 5.67. The maximum Gasteiger partial charge on any atom is 0.313 e. The molecule has 3 aromatic rings. The Hall–Kier alpha value is -4.00. The molecule has 2 atom stereocenters. The van der Waals surface area contributed by atoms with Gasteiger partial charge in [-0.15, -0.1) is 0 Å².